The fraction of sp³-hybridized carbons (Fsp3) is 0.471. The van der Waals surface area contributed by atoms with Gasteiger partial charge in [0.15, 0.2) is 0 Å². The van der Waals surface area contributed by atoms with Gasteiger partial charge < -0.3 is 5.11 Å². The number of β-amino-alcohol motifs (C(OH)–C–C–N with tert-alkyl or cyclic N) is 1. The number of aliphatic hydroxyl groups excluding tert-OH is 1. The normalized spacial score (nSPS) is 20.7. The standard InChI is InChI=1S/C17H23N3O/c21-17(14-20-11-5-9-18-20)13-19-10-4-8-16(19)12-15-6-2-1-3-7-15/h1-3,5-7,9,11,16-17,21H,4,8,10,12-14H2/t16-,17-/m1/s1. The zero-order valence-corrected chi connectivity index (χ0v) is 12.3. The number of aromatic nitrogens is 2. The van der Waals surface area contributed by atoms with Crippen LogP contribution in [0.5, 0.6) is 0 Å². The average Bonchev–Trinajstić information content (AvgIpc) is 3.13. The molecule has 3 rings (SSSR count). The Labute approximate surface area is 126 Å². The van der Waals surface area contributed by atoms with E-state index in [4.69, 9.17) is 0 Å². The van der Waals surface area contributed by atoms with Gasteiger partial charge in [-0.1, -0.05) is 30.3 Å². The SMILES string of the molecule is O[C@H](CN1CCC[C@@H]1Cc1ccccc1)Cn1cccn1. The fourth-order valence-corrected chi connectivity index (χ4v) is 3.21. The molecule has 2 atom stereocenters. The van der Waals surface area contributed by atoms with Gasteiger partial charge in [-0.2, -0.15) is 5.10 Å². The van der Waals surface area contributed by atoms with Gasteiger partial charge in [0.05, 0.1) is 12.6 Å². The maximum absolute atomic E-state index is 10.3. The number of hydrogen-bond acceptors (Lipinski definition) is 3. The first-order valence-electron chi connectivity index (χ1n) is 7.75. The van der Waals surface area contributed by atoms with Crippen molar-refractivity contribution in [1.82, 2.24) is 14.7 Å². The van der Waals surface area contributed by atoms with Crippen LogP contribution in [0.25, 0.3) is 0 Å². The number of rotatable bonds is 6. The van der Waals surface area contributed by atoms with Crippen LogP contribution in [-0.4, -0.2) is 45.0 Å². The van der Waals surface area contributed by atoms with Crippen LogP contribution in [0.2, 0.25) is 0 Å². The summed E-state index contributed by atoms with van der Waals surface area (Å²) in [5.41, 5.74) is 1.39. The Morgan fingerprint density at radius 1 is 1.19 bits per heavy atom. The number of aliphatic hydroxyl groups is 1. The Morgan fingerprint density at radius 3 is 2.81 bits per heavy atom. The van der Waals surface area contributed by atoms with Crippen LogP contribution in [-0.2, 0) is 13.0 Å². The molecule has 1 N–H and O–H groups in total. The third-order valence-electron chi connectivity index (χ3n) is 4.22. The molecular formula is C17H23N3O. The molecule has 1 aromatic heterocycles. The second-order valence-corrected chi connectivity index (χ2v) is 5.86. The van der Waals surface area contributed by atoms with Crippen LogP contribution < -0.4 is 0 Å². The molecule has 0 radical (unpaired) electrons. The number of nitrogens with zero attached hydrogens (tertiary/aromatic N) is 3. The van der Waals surface area contributed by atoms with Crippen molar-refractivity contribution in [2.75, 3.05) is 13.1 Å². The molecule has 0 aliphatic carbocycles. The number of hydrogen-bond donors (Lipinski definition) is 1. The van der Waals surface area contributed by atoms with E-state index < -0.39 is 0 Å². The third-order valence-corrected chi connectivity index (χ3v) is 4.22. The molecule has 0 amide bonds. The van der Waals surface area contributed by atoms with E-state index in [9.17, 15) is 5.11 Å². The van der Waals surface area contributed by atoms with E-state index in [0.717, 1.165) is 19.5 Å². The fourth-order valence-electron chi connectivity index (χ4n) is 3.21. The summed E-state index contributed by atoms with van der Waals surface area (Å²) in [6.45, 7) is 2.40. The predicted molar refractivity (Wildman–Crippen MR) is 83.0 cm³/mol. The molecule has 1 saturated heterocycles. The summed E-state index contributed by atoms with van der Waals surface area (Å²) in [5.74, 6) is 0. The molecule has 0 bridgehead atoms. The summed E-state index contributed by atoms with van der Waals surface area (Å²) < 4.78 is 1.80. The van der Waals surface area contributed by atoms with Crippen molar-refractivity contribution in [2.45, 2.75) is 38.0 Å². The van der Waals surface area contributed by atoms with Gasteiger partial charge in [-0.05, 0) is 37.4 Å². The van der Waals surface area contributed by atoms with Gasteiger partial charge in [-0.3, -0.25) is 9.58 Å². The van der Waals surface area contributed by atoms with E-state index in [-0.39, 0.29) is 6.10 Å². The minimum atomic E-state index is -0.360. The number of benzene rings is 1. The highest BCUT2D eigenvalue weighted by atomic mass is 16.3. The zero-order valence-electron chi connectivity index (χ0n) is 12.3. The Bertz CT molecular complexity index is 526. The largest absolute Gasteiger partial charge is 0.390 e. The summed E-state index contributed by atoms with van der Waals surface area (Å²) in [5, 5.41) is 14.4. The molecule has 0 spiro atoms. The zero-order chi connectivity index (χ0) is 14.5. The maximum Gasteiger partial charge on any atom is 0.0862 e. The van der Waals surface area contributed by atoms with E-state index in [1.807, 2.05) is 12.3 Å². The van der Waals surface area contributed by atoms with E-state index in [1.54, 1.807) is 10.9 Å². The average molecular weight is 285 g/mol. The van der Waals surface area contributed by atoms with Crippen molar-refractivity contribution in [3.63, 3.8) is 0 Å². The highest BCUT2D eigenvalue weighted by molar-refractivity contribution is 5.16. The molecule has 1 aromatic carbocycles. The Kier molecular flexibility index (Phi) is 4.68. The van der Waals surface area contributed by atoms with Gasteiger partial charge in [-0.25, -0.2) is 0 Å². The van der Waals surface area contributed by atoms with Gasteiger partial charge in [0.25, 0.3) is 0 Å². The van der Waals surface area contributed by atoms with E-state index in [1.165, 1.54) is 18.4 Å². The van der Waals surface area contributed by atoms with E-state index in [0.29, 0.717) is 12.6 Å². The summed E-state index contributed by atoms with van der Waals surface area (Å²) >= 11 is 0. The van der Waals surface area contributed by atoms with Crippen LogP contribution in [0.15, 0.2) is 48.8 Å². The lowest BCUT2D eigenvalue weighted by molar-refractivity contribution is 0.0890. The Morgan fingerprint density at radius 2 is 2.05 bits per heavy atom. The predicted octanol–water partition coefficient (Wildman–Crippen LogP) is 1.95. The van der Waals surface area contributed by atoms with Gasteiger partial charge in [-0.15, -0.1) is 0 Å². The summed E-state index contributed by atoms with van der Waals surface area (Å²) in [4.78, 5) is 2.43. The van der Waals surface area contributed by atoms with Crippen molar-refractivity contribution >= 4 is 0 Å². The smallest absolute Gasteiger partial charge is 0.0862 e. The molecule has 1 aliphatic heterocycles. The molecule has 21 heavy (non-hydrogen) atoms. The lowest BCUT2D eigenvalue weighted by Gasteiger charge is -2.27. The highest BCUT2D eigenvalue weighted by Crippen LogP contribution is 2.21. The van der Waals surface area contributed by atoms with Gasteiger partial charge in [0.2, 0.25) is 0 Å². The topological polar surface area (TPSA) is 41.3 Å². The van der Waals surface area contributed by atoms with Crippen LogP contribution >= 0.6 is 0 Å². The Balaban J connectivity index is 1.54. The monoisotopic (exact) mass is 285 g/mol. The minimum Gasteiger partial charge on any atom is -0.390 e. The molecule has 4 heteroatoms. The van der Waals surface area contributed by atoms with Crippen LogP contribution in [0.3, 0.4) is 0 Å². The highest BCUT2D eigenvalue weighted by Gasteiger charge is 2.26. The maximum atomic E-state index is 10.3. The molecule has 2 heterocycles. The third kappa shape index (κ3) is 3.93. The minimum absolute atomic E-state index is 0.360. The van der Waals surface area contributed by atoms with Gasteiger partial charge >= 0.3 is 0 Å². The van der Waals surface area contributed by atoms with Crippen LogP contribution in [0.1, 0.15) is 18.4 Å². The first kappa shape index (κ1) is 14.3. The lowest BCUT2D eigenvalue weighted by atomic mass is 10.0. The summed E-state index contributed by atoms with van der Waals surface area (Å²) in [6.07, 6.45) is 6.82. The summed E-state index contributed by atoms with van der Waals surface area (Å²) in [6, 6.07) is 13.1. The second kappa shape index (κ2) is 6.87. The molecule has 4 nitrogen and oxygen atoms in total. The van der Waals surface area contributed by atoms with Crippen molar-refractivity contribution < 1.29 is 5.11 Å². The molecule has 2 aromatic rings. The van der Waals surface area contributed by atoms with Crippen molar-refractivity contribution in [3.8, 4) is 0 Å². The van der Waals surface area contributed by atoms with Gasteiger partial charge in [0, 0.05) is 25.0 Å². The number of likely N-dealkylation sites (tertiary alicyclic amines) is 1. The molecule has 0 unspecified atom stereocenters. The van der Waals surface area contributed by atoms with Crippen molar-refractivity contribution in [3.05, 3.63) is 54.4 Å². The Hall–Kier alpha value is -1.65. The van der Waals surface area contributed by atoms with Crippen molar-refractivity contribution in [2.24, 2.45) is 0 Å². The van der Waals surface area contributed by atoms with E-state index >= 15 is 0 Å². The molecule has 1 aliphatic rings. The van der Waals surface area contributed by atoms with Crippen molar-refractivity contribution in [1.29, 1.82) is 0 Å². The van der Waals surface area contributed by atoms with Gasteiger partial charge in [0.1, 0.15) is 0 Å². The molecule has 112 valence electrons. The second-order valence-electron chi connectivity index (χ2n) is 5.86. The lowest BCUT2D eigenvalue weighted by Crippen LogP contribution is -2.39. The first-order chi connectivity index (χ1) is 10.3. The molecule has 0 saturated carbocycles. The van der Waals surface area contributed by atoms with Crippen LogP contribution in [0, 0.1) is 0 Å². The summed E-state index contributed by atoms with van der Waals surface area (Å²) in [7, 11) is 0. The molecule has 1 fully saturated rings. The van der Waals surface area contributed by atoms with Crippen LogP contribution in [0.4, 0.5) is 0 Å². The first-order valence-corrected chi connectivity index (χ1v) is 7.75. The van der Waals surface area contributed by atoms with E-state index in [2.05, 4.69) is 40.3 Å². The molecular weight excluding hydrogens is 262 g/mol. The quantitative estimate of drug-likeness (QED) is 0.882.